The van der Waals surface area contributed by atoms with E-state index in [0.717, 1.165) is 41.8 Å². The van der Waals surface area contributed by atoms with E-state index < -0.39 is 0 Å². The van der Waals surface area contributed by atoms with Gasteiger partial charge in [-0.2, -0.15) is 11.8 Å². The highest BCUT2D eigenvalue weighted by atomic mass is 32.2. The molecule has 27 heavy (non-hydrogen) atoms. The molecule has 0 aromatic rings. The summed E-state index contributed by atoms with van der Waals surface area (Å²) in [5.41, 5.74) is 1.16. The van der Waals surface area contributed by atoms with E-state index >= 15 is 0 Å². The van der Waals surface area contributed by atoms with Crippen LogP contribution in [0.25, 0.3) is 0 Å². The SMILES string of the molecule is CCCCCCSC1CCC2C3CCC4CC(O)CCC4(C)C3CCC12C. The topological polar surface area (TPSA) is 20.2 Å². The average molecular weight is 393 g/mol. The molecule has 8 atom stereocenters. The van der Waals surface area contributed by atoms with Crippen LogP contribution in [0.15, 0.2) is 0 Å². The van der Waals surface area contributed by atoms with Gasteiger partial charge in [-0.15, -0.1) is 0 Å². The van der Waals surface area contributed by atoms with Crippen LogP contribution in [-0.2, 0) is 0 Å². The normalized spacial score (nSPS) is 49.3. The third-order valence-electron chi connectivity index (χ3n) is 9.87. The highest BCUT2D eigenvalue weighted by Crippen LogP contribution is 2.67. The predicted octanol–water partition coefficient (Wildman–Crippen LogP) is 7.07. The molecule has 0 saturated heterocycles. The molecule has 0 radical (unpaired) electrons. The van der Waals surface area contributed by atoms with Crippen LogP contribution in [0.2, 0.25) is 0 Å². The van der Waals surface area contributed by atoms with E-state index in [1.807, 2.05) is 0 Å². The van der Waals surface area contributed by atoms with Gasteiger partial charge in [-0.25, -0.2) is 0 Å². The van der Waals surface area contributed by atoms with Crippen LogP contribution in [0.1, 0.15) is 104 Å². The number of thioether (sulfide) groups is 1. The molecular weight excluding hydrogens is 348 g/mol. The number of rotatable bonds is 6. The fourth-order valence-electron chi connectivity index (χ4n) is 8.22. The first-order chi connectivity index (χ1) is 13.0. The largest absolute Gasteiger partial charge is 0.393 e. The van der Waals surface area contributed by atoms with Gasteiger partial charge in [-0.1, -0.05) is 40.0 Å². The maximum absolute atomic E-state index is 10.2. The second kappa shape index (κ2) is 8.21. The first-order valence-corrected chi connectivity index (χ1v) is 13.3. The Labute approximate surface area is 172 Å². The molecule has 0 bridgehead atoms. The quantitative estimate of drug-likeness (QED) is 0.488. The van der Waals surface area contributed by atoms with E-state index in [0.29, 0.717) is 10.8 Å². The molecule has 156 valence electrons. The zero-order chi connectivity index (χ0) is 19.1. The fourth-order valence-corrected chi connectivity index (χ4v) is 9.85. The number of fused-ring (bicyclic) bond motifs is 5. The minimum Gasteiger partial charge on any atom is -0.393 e. The van der Waals surface area contributed by atoms with Crippen molar-refractivity contribution in [3.8, 4) is 0 Å². The lowest BCUT2D eigenvalue weighted by Gasteiger charge is -2.61. The molecule has 0 heterocycles. The van der Waals surface area contributed by atoms with Crippen LogP contribution in [0.3, 0.4) is 0 Å². The summed E-state index contributed by atoms with van der Waals surface area (Å²) in [5, 5.41) is 11.2. The van der Waals surface area contributed by atoms with Gasteiger partial charge in [0.15, 0.2) is 0 Å². The van der Waals surface area contributed by atoms with Crippen LogP contribution in [0.4, 0.5) is 0 Å². The molecule has 0 spiro atoms. The van der Waals surface area contributed by atoms with Crippen LogP contribution in [0.5, 0.6) is 0 Å². The molecule has 0 amide bonds. The summed E-state index contributed by atoms with van der Waals surface area (Å²) >= 11 is 2.35. The van der Waals surface area contributed by atoms with Crippen molar-refractivity contribution in [3.05, 3.63) is 0 Å². The molecule has 0 aromatic carbocycles. The zero-order valence-corrected chi connectivity index (χ0v) is 19.0. The number of hydrogen-bond acceptors (Lipinski definition) is 2. The smallest absolute Gasteiger partial charge is 0.0543 e. The molecule has 8 unspecified atom stereocenters. The lowest BCUT2D eigenvalue weighted by Crippen LogP contribution is -2.54. The standard InChI is InChI=1S/C25H44OS/c1-4-5-6-7-16-27-23-11-10-21-20-9-8-18-17-19(26)12-14-24(18,2)22(20)13-15-25(21,23)3/h18-23,26H,4-17H2,1-3H3. The molecule has 1 nitrogen and oxygen atoms in total. The van der Waals surface area contributed by atoms with Crippen molar-refractivity contribution in [1.82, 2.24) is 0 Å². The minimum absolute atomic E-state index is 0.00606. The van der Waals surface area contributed by atoms with Crippen LogP contribution in [-0.4, -0.2) is 22.2 Å². The highest BCUT2D eigenvalue weighted by Gasteiger charge is 2.60. The molecule has 0 aliphatic heterocycles. The Hall–Kier alpha value is 0.310. The van der Waals surface area contributed by atoms with Crippen molar-refractivity contribution in [2.24, 2.45) is 34.5 Å². The Morgan fingerprint density at radius 2 is 1.63 bits per heavy atom. The number of hydrogen-bond donors (Lipinski definition) is 1. The van der Waals surface area contributed by atoms with Crippen molar-refractivity contribution in [1.29, 1.82) is 0 Å². The molecule has 4 rings (SSSR count). The van der Waals surface area contributed by atoms with E-state index in [9.17, 15) is 5.11 Å². The molecule has 4 aliphatic rings. The van der Waals surface area contributed by atoms with Gasteiger partial charge in [-0.05, 0) is 104 Å². The van der Waals surface area contributed by atoms with Crippen LogP contribution >= 0.6 is 11.8 Å². The fraction of sp³-hybridized carbons (Fsp3) is 1.00. The third kappa shape index (κ3) is 3.65. The Morgan fingerprint density at radius 1 is 0.852 bits per heavy atom. The van der Waals surface area contributed by atoms with E-state index in [4.69, 9.17) is 0 Å². The van der Waals surface area contributed by atoms with Crippen LogP contribution < -0.4 is 0 Å². The Bertz CT molecular complexity index is 507. The van der Waals surface area contributed by atoms with Crippen LogP contribution in [0, 0.1) is 34.5 Å². The van der Waals surface area contributed by atoms with E-state index in [1.165, 1.54) is 76.4 Å². The van der Waals surface area contributed by atoms with Crippen molar-refractivity contribution in [2.75, 3.05) is 5.75 Å². The molecule has 0 aromatic heterocycles. The summed E-state index contributed by atoms with van der Waals surface area (Å²) in [6, 6.07) is 0. The molecule has 4 saturated carbocycles. The van der Waals surface area contributed by atoms with Gasteiger partial charge in [0.25, 0.3) is 0 Å². The minimum atomic E-state index is -0.00606. The Morgan fingerprint density at radius 3 is 2.44 bits per heavy atom. The van der Waals surface area contributed by atoms with Crippen molar-refractivity contribution in [3.63, 3.8) is 0 Å². The summed E-state index contributed by atoms with van der Waals surface area (Å²) in [5.74, 6) is 5.14. The number of aliphatic hydroxyl groups is 1. The monoisotopic (exact) mass is 392 g/mol. The second-order valence-electron chi connectivity index (χ2n) is 11.1. The zero-order valence-electron chi connectivity index (χ0n) is 18.2. The Balaban J connectivity index is 1.41. The lowest BCUT2D eigenvalue weighted by atomic mass is 9.45. The van der Waals surface area contributed by atoms with Gasteiger partial charge >= 0.3 is 0 Å². The van der Waals surface area contributed by atoms with Gasteiger partial charge in [0.05, 0.1) is 6.10 Å². The molecule has 4 aliphatic carbocycles. The van der Waals surface area contributed by atoms with Gasteiger partial charge in [0.2, 0.25) is 0 Å². The molecule has 2 heteroatoms. The summed E-state index contributed by atoms with van der Waals surface area (Å²) < 4.78 is 0. The number of unbranched alkanes of at least 4 members (excludes halogenated alkanes) is 3. The summed E-state index contributed by atoms with van der Waals surface area (Å²) in [6.07, 6.45) is 17.9. The first kappa shape index (κ1) is 20.6. The summed E-state index contributed by atoms with van der Waals surface area (Å²) in [7, 11) is 0. The maximum Gasteiger partial charge on any atom is 0.0543 e. The van der Waals surface area contributed by atoms with Crippen molar-refractivity contribution < 1.29 is 5.11 Å². The van der Waals surface area contributed by atoms with Crippen molar-refractivity contribution in [2.45, 2.75) is 116 Å². The molecular formula is C25H44OS. The van der Waals surface area contributed by atoms with E-state index in [-0.39, 0.29) is 6.10 Å². The van der Waals surface area contributed by atoms with Gasteiger partial charge in [-0.3, -0.25) is 0 Å². The molecule has 1 N–H and O–H groups in total. The highest BCUT2D eigenvalue weighted by molar-refractivity contribution is 7.99. The number of aliphatic hydroxyl groups excluding tert-OH is 1. The Kier molecular flexibility index (Phi) is 6.26. The summed E-state index contributed by atoms with van der Waals surface area (Å²) in [6.45, 7) is 7.62. The summed E-state index contributed by atoms with van der Waals surface area (Å²) in [4.78, 5) is 0. The average Bonchev–Trinajstić information content (AvgIpc) is 2.99. The van der Waals surface area contributed by atoms with Crippen molar-refractivity contribution >= 4 is 11.8 Å². The lowest BCUT2D eigenvalue weighted by molar-refractivity contribution is -0.120. The van der Waals surface area contributed by atoms with Gasteiger partial charge in [0.1, 0.15) is 0 Å². The third-order valence-corrected chi connectivity index (χ3v) is 11.6. The van der Waals surface area contributed by atoms with E-state index in [1.54, 1.807) is 0 Å². The molecule has 4 fully saturated rings. The maximum atomic E-state index is 10.2. The van der Waals surface area contributed by atoms with Gasteiger partial charge in [0, 0.05) is 5.25 Å². The first-order valence-electron chi connectivity index (χ1n) is 12.3. The van der Waals surface area contributed by atoms with E-state index in [2.05, 4.69) is 32.5 Å². The predicted molar refractivity (Wildman–Crippen MR) is 118 cm³/mol. The second-order valence-corrected chi connectivity index (χ2v) is 12.4. The van der Waals surface area contributed by atoms with Gasteiger partial charge < -0.3 is 5.11 Å².